The highest BCUT2D eigenvalue weighted by Crippen LogP contribution is 2.16. The van der Waals surface area contributed by atoms with Crippen molar-refractivity contribution in [2.24, 2.45) is 7.05 Å². The molecule has 8 nitrogen and oxygen atoms in total. The minimum absolute atomic E-state index is 0.280. The average Bonchev–Trinajstić information content (AvgIpc) is 2.55. The lowest BCUT2D eigenvalue weighted by molar-refractivity contribution is -0.137. The maximum Gasteiger partial charge on any atom is 0.331 e. The van der Waals surface area contributed by atoms with Crippen LogP contribution in [0.3, 0.4) is 0 Å². The zero-order valence-electron chi connectivity index (χ0n) is 13.0. The largest absolute Gasteiger partial charge is 0.481 e. The van der Waals surface area contributed by atoms with E-state index in [0.29, 0.717) is 5.56 Å². The molecule has 1 heterocycles. The topological polar surface area (TPSA) is 110 Å². The van der Waals surface area contributed by atoms with E-state index < -0.39 is 29.2 Å². The molecule has 2 N–H and O–H groups in total. The van der Waals surface area contributed by atoms with Crippen molar-refractivity contribution in [3.05, 3.63) is 69.0 Å². The predicted molar refractivity (Wildman–Crippen MR) is 85.5 cm³/mol. The Morgan fingerprint density at radius 2 is 1.83 bits per heavy atom. The van der Waals surface area contributed by atoms with Crippen molar-refractivity contribution in [3.63, 3.8) is 0 Å². The highest BCUT2D eigenvalue weighted by atomic mass is 16.4. The van der Waals surface area contributed by atoms with Crippen molar-refractivity contribution in [1.29, 1.82) is 0 Å². The number of nitrogens with one attached hydrogen (secondary N) is 1. The van der Waals surface area contributed by atoms with Crippen LogP contribution in [0.2, 0.25) is 0 Å². The van der Waals surface area contributed by atoms with Crippen molar-refractivity contribution in [1.82, 2.24) is 14.5 Å². The van der Waals surface area contributed by atoms with Gasteiger partial charge < -0.3 is 10.4 Å². The third-order valence-corrected chi connectivity index (χ3v) is 3.49. The Morgan fingerprint density at radius 3 is 2.46 bits per heavy atom. The standard InChI is InChI=1S/C16H17N3O5/c1-18-14(21)7-8-19(16(18)24)10-13(20)17-12(9-15(22)23)11-5-3-2-4-6-11/h2-8,12H,9-10H2,1H3,(H,17,20)(H,22,23). The molecule has 2 rings (SSSR count). The van der Waals surface area contributed by atoms with Crippen LogP contribution in [0.4, 0.5) is 0 Å². The van der Waals surface area contributed by atoms with Gasteiger partial charge in [-0.1, -0.05) is 30.3 Å². The Morgan fingerprint density at radius 1 is 1.17 bits per heavy atom. The molecular weight excluding hydrogens is 314 g/mol. The van der Waals surface area contributed by atoms with Gasteiger partial charge in [0, 0.05) is 19.3 Å². The van der Waals surface area contributed by atoms with Crippen LogP contribution >= 0.6 is 0 Å². The van der Waals surface area contributed by atoms with Gasteiger partial charge in [0.15, 0.2) is 0 Å². The van der Waals surface area contributed by atoms with E-state index in [-0.39, 0.29) is 13.0 Å². The van der Waals surface area contributed by atoms with E-state index in [4.69, 9.17) is 5.11 Å². The number of carboxylic acids is 1. The fourth-order valence-corrected chi connectivity index (χ4v) is 2.24. The fraction of sp³-hybridized carbons (Fsp3) is 0.250. The Hall–Kier alpha value is -3.16. The van der Waals surface area contributed by atoms with Crippen LogP contribution in [0.15, 0.2) is 52.2 Å². The normalized spacial score (nSPS) is 11.7. The molecule has 0 aliphatic carbocycles. The van der Waals surface area contributed by atoms with Crippen LogP contribution in [0.5, 0.6) is 0 Å². The number of rotatable bonds is 6. The number of carboxylic acid groups (broad SMARTS) is 1. The van der Waals surface area contributed by atoms with E-state index in [0.717, 1.165) is 9.13 Å². The molecule has 0 spiro atoms. The lowest BCUT2D eigenvalue weighted by Gasteiger charge is -2.18. The molecule has 0 saturated heterocycles. The number of hydrogen-bond donors (Lipinski definition) is 2. The van der Waals surface area contributed by atoms with Gasteiger partial charge in [-0.3, -0.25) is 23.5 Å². The second kappa shape index (κ2) is 7.40. The van der Waals surface area contributed by atoms with Gasteiger partial charge in [0.25, 0.3) is 5.56 Å². The SMILES string of the molecule is Cn1c(=O)ccn(CC(=O)NC(CC(=O)O)c2ccccc2)c1=O. The van der Waals surface area contributed by atoms with Crippen LogP contribution in [0, 0.1) is 0 Å². The van der Waals surface area contributed by atoms with Crippen molar-refractivity contribution < 1.29 is 14.7 Å². The van der Waals surface area contributed by atoms with Crippen LogP contribution in [0.1, 0.15) is 18.0 Å². The molecular formula is C16H17N3O5. The number of benzene rings is 1. The highest BCUT2D eigenvalue weighted by Gasteiger charge is 2.18. The van der Waals surface area contributed by atoms with Crippen molar-refractivity contribution in [2.75, 3.05) is 0 Å². The summed E-state index contributed by atoms with van der Waals surface area (Å²) in [5.41, 5.74) is -0.432. The predicted octanol–water partition coefficient (Wildman–Crippen LogP) is -0.121. The fourth-order valence-electron chi connectivity index (χ4n) is 2.24. The van der Waals surface area contributed by atoms with E-state index in [1.54, 1.807) is 30.3 Å². The molecule has 0 fully saturated rings. The number of amides is 1. The molecule has 126 valence electrons. The molecule has 24 heavy (non-hydrogen) atoms. The second-order valence-electron chi connectivity index (χ2n) is 5.25. The van der Waals surface area contributed by atoms with Gasteiger partial charge in [-0.05, 0) is 5.56 Å². The smallest absolute Gasteiger partial charge is 0.331 e. The first-order valence-electron chi connectivity index (χ1n) is 7.21. The number of aliphatic carboxylic acids is 1. The molecule has 2 aromatic rings. The highest BCUT2D eigenvalue weighted by molar-refractivity contribution is 5.77. The number of carbonyl (C=O) groups excluding carboxylic acids is 1. The van der Waals surface area contributed by atoms with Gasteiger partial charge in [-0.25, -0.2) is 4.79 Å². The molecule has 1 unspecified atom stereocenters. The van der Waals surface area contributed by atoms with Crippen LogP contribution < -0.4 is 16.6 Å². The van der Waals surface area contributed by atoms with Gasteiger partial charge in [0.2, 0.25) is 5.91 Å². The van der Waals surface area contributed by atoms with E-state index in [1.807, 2.05) is 0 Å². The first kappa shape index (κ1) is 17.2. The Kier molecular flexibility index (Phi) is 5.31. The number of hydrogen-bond acceptors (Lipinski definition) is 4. The second-order valence-corrected chi connectivity index (χ2v) is 5.25. The van der Waals surface area contributed by atoms with E-state index in [2.05, 4.69) is 5.32 Å². The summed E-state index contributed by atoms with van der Waals surface area (Å²) in [4.78, 5) is 46.4. The lowest BCUT2D eigenvalue weighted by atomic mass is 10.0. The summed E-state index contributed by atoms with van der Waals surface area (Å²) in [6.07, 6.45) is 0.955. The quantitative estimate of drug-likeness (QED) is 0.767. The first-order chi connectivity index (χ1) is 11.4. The molecule has 0 aliphatic heterocycles. The Labute approximate surface area is 137 Å². The molecule has 1 aromatic carbocycles. The Bertz CT molecular complexity index is 854. The molecule has 1 amide bonds. The zero-order chi connectivity index (χ0) is 17.7. The summed E-state index contributed by atoms with van der Waals surface area (Å²) in [5.74, 6) is -1.57. The maximum absolute atomic E-state index is 12.2. The number of aromatic nitrogens is 2. The summed E-state index contributed by atoms with van der Waals surface area (Å²) in [7, 11) is 1.32. The van der Waals surface area contributed by atoms with Crippen LogP contribution in [-0.2, 0) is 23.2 Å². The number of carbonyl (C=O) groups is 2. The summed E-state index contributed by atoms with van der Waals surface area (Å²) in [6.45, 7) is -0.310. The van der Waals surface area contributed by atoms with Gasteiger partial charge in [-0.2, -0.15) is 0 Å². The summed E-state index contributed by atoms with van der Waals surface area (Å²) >= 11 is 0. The molecule has 1 aromatic heterocycles. The monoisotopic (exact) mass is 331 g/mol. The zero-order valence-corrected chi connectivity index (χ0v) is 13.0. The number of nitrogens with zero attached hydrogens (tertiary/aromatic N) is 2. The minimum Gasteiger partial charge on any atom is -0.481 e. The van der Waals surface area contributed by atoms with Gasteiger partial charge in [-0.15, -0.1) is 0 Å². The maximum atomic E-state index is 12.2. The molecule has 8 heteroatoms. The van der Waals surface area contributed by atoms with E-state index >= 15 is 0 Å². The summed E-state index contributed by atoms with van der Waals surface area (Å²) in [6, 6.07) is 9.17. The molecule has 0 radical (unpaired) electrons. The van der Waals surface area contributed by atoms with Crippen molar-refractivity contribution >= 4 is 11.9 Å². The van der Waals surface area contributed by atoms with Crippen molar-refractivity contribution in [3.8, 4) is 0 Å². The molecule has 0 bridgehead atoms. The third-order valence-electron chi connectivity index (χ3n) is 3.49. The van der Waals surface area contributed by atoms with Crippen LogP contribution in [-0.4, -0.2) is 26.1 Å². The molecule has 0 aliphatic rings. The Balaban J connectivity index is 2.17. The molecule has 0 saturated carbocycles. The summed E-state index contributed by atoms with van der Waals surface area (Å²) in [5, 5.41) is 11.6. The van der Waals surface area contributed by atoms with Gasteiger partial charge in [0.05, 0.1) is 12.5 Å². The lowest BCUT2D eigenvalue weighted by Crippen LogP contribution is -2.41. The van der Waals surface area contributed by atoms with E-state index in [1.165, 1.54) is 19.3 Å². The third kappa shape index (κ3) is 4.19. The van der Waals surface area contributed by atoms with E-state index in [9.17, 15) is 19.2 Å². The summed E-state index contributed by atoms with van der Waals surface area (Å²) < 4.78 is 1.97. The van der Waals surface area contributed by atoms with Crippen LogP contribution in [0.25, 0.3) is 0 Å². The average molecular weight is 331 g/mol. The minimum atomic E-state index is -1.05. The molecule has 1 atom stereocenters. The van der Waals surface area contributed by atoms with Gasteiger partial charge in [0.1, 0.15) is 6.54 Å². The first-order valence-corrected chi connectivity index (χ1v) is 7.21. The van der Waals surface area contributed by atoms with Gasteiger partial charge >= 0.3 is 11.7 Å². The van der Waals surface area contributed by atoms with Crippen molar-refractivity contribution in [2.45, 2.75) is 19.0 Å².